The van der Waals surface area contributed by atoms with Crippen molar-refractivity contribution in [3.63, 3.8) is 0 Å². The maximum Gasteiger partial charge on any atom is 0.341 e. The van der Waals surface area contributed by atoms with Crippen LogP contribution in [-0.4, -0.2) is 28.4 Å². The first kappa shape index (κ1) is 22.2. The van der Waals surface area contributed by atoms with Gasteiger partial charge >= 0.3 is 5.97 Å². The van der Waals surface area contributed by atoms with E-state index in [4.69, 9.17) is 39.5 Å². The topological polar surface area (TPSA) is 67.4 Å². The lowest BCUT2D eigenvalue weighted by Crippen LogP contribution is -2.49. The molecule has 0 unspecified atom stereocenters. The molecule has 1 atom stereocenters. The van der Waals surface area contributed by atoms with E-state index >= 15 is 0 Å². The molecule has 0 spiro atoms. The number of rotatable bonds is 6. The molecule has 1 aromatic heterocycles. The van der Waals surface area contributed by atoms with Crippen LogP contribution in [-0.2, 0) is 17.6 Å². The highest BCUT2D eigenvalue weighted by atomic mass is 35.6. The molecule has 1 heterocycles. The summed E-state index contributed by atoms with van der Waals surface area (Å²) in [5, 5.41) is 6.33. The fraction of sp³-hybridized carbons (Fsp3) is 0.400. The number of anilines is 1. The minimum atomic E-state index is -1.85. The summed E-state index contributed by atoms with van der Waals surface area (Å²) in [6, 6.07) is 8.64. The van der Waals surface area contributed by atoms with Crippen molar-refractivity contribution in [3.05, 3.63) is 51.9 Å². The zero-order valence-electron chi connectivity index (χ0n) is 15.8. The lowest BCUT2D eigenvalue weighted by molar-refractivity contribution is 0.0526. The molecule has 29 heavy (non-hydrogen) atoms. The molecule has 0 saturated carbocycles. The van der Waals surface area contributed by atoms with Crippen LogP contribution in [0.3, 0.4) is 0 Å². The van der Waals surface area contributed by atoms with Gasteiger partial charge in [0, 0.05) is 10.4 Å². The Hall–Kier alpha value is -1.47. The van der Waals surface area contributed by atoms with Gasteiger partial charge in [-0.1, -0.05) is 53.0 Å². The van der Waals surface area contributed by atoms with Gasteiger partial charge in [-0.05, 0) is 50.3 Å². The van der Waals surface area contributed by atoms with Crippen molar-refractivity contribution in [1.29, 1.82) is 0 Å². The summed E-state index contributed by atoms with van der Waals surface area (Å²) in [5.74, 6) is -0.805. The smallest absolute Gasteiger partial charge is 0.341 e. The molecule has 0 fully saturated rings. The van der Waals surface area contributed by atoms with Gasteiger partial charge in [0.05, 0.1) is 12.2 Å². The molecule has 1 aliphatic carbocycles. The maximum atomic E-state index is 12.6. The molecule has 1 aliphatic rings. The summed E-state index contributed by atoms with van der Waals surface area (Å²) >= 11 is 19.9. The van der Waals surface area contributed by atoms with E-state index in [2.05, 4.69) is 10.6 Å². The van der Waals surface area contributed by atoms with E-state index in [1.54, 1.807) is 31.2 Å². The van der Waals surface area contributed by atoms with Crippen LogP contribution in [0.1, 0.15) is 50.9 Å². The Morgan fingerprint density at radius 2 is 1.86 bits per heavy atom. The molecule has 5 nitrogen and oxygen atoms in total. The van der Waals surface area contributed by atoms with Crippen LogP contribution >= 0.6 is 46.1 Å². The molecule has 0 radical (unpaired) electrons. The zero-order valence-corrected chi connectivity index (χ0v) is 18.9. The third kappa shape index (κ3) is 5.37. The molecule has 0 aliphatic heterocycles. The van der Waals surface area contributed by atoms with Gasteiger partial charge < -0.3 is 15.4 Å². The number of benzene rings is 1. The Morgan fingerprint density at radius 3 is 2.52 bits per heavy atom. The predicted molar refractivity (Wildman–Crippen MR) is 119 cm³/mol. The first-order chi connectivity index (χ1) is 13.8. The molecular formula is C20H21Cl3N2O3S. The number of thiophene rings is 1. The average Bonchev–Trinajstić information content (AvgIpc) is 3.05. The van der Waals surface area contributed by atoms with Crippen molar-refractivity contribution in [3.8, 4) is 0 Å². The highest BCUT2D eigenvalue weighted by Crippen LogP contribution is 2.40. The molecule has 9 heteroatoms. The van der Waals surface area contributed by atoms with E-state index < -0.39 is 21.8 Å². The van der Waals surface area contributed by atoms with Crippen molar-refractivity contribution in [2.24, 2.45) is 0 Å². The normalized spacial score (nSPS) is 14.6. The van der Waals surface area contributed by atoms with Gasteiger partial charge in [-0.15, -0.1) is 11.3 Å². The monoisotopic (exact) mass is 474 g/mol. The Morgan fingerprint density at radius 1 is 1.17 bits per heavy atom. The van der Waals surface area contributed by atoms with Crippen molar-refractivity contribution < 1.29 is 14.3 Å². The number of amides is 1. The Balaban J connectivity index is 1.90. The highest BCUT2D eigenvalue weighted by molar-refractivity contribution is 7.16. The van der Waals surface area contributed by atoms with Gasteiger partial charge in [-0.2, -0.15) is 0 Å². The molecule has 1 amide bonds. The number of hydrogen-bond acceptors (Lipinski definition) is 5. The number of hydrogen-bond donors (Lipinski definition) is 2. The van der Waals surface area contributed by atoms with Crippen LogP contribution in [0.5, 0.6) is 0 Å². The fourth-order valence-electron chi connectivity index (χ4n) is 3.22. The van der Waals surface area contributed by atoms with Crippen molar-refractivity contribution in [2.45, 2.75) is 42.6 Å². The third-order valence-corrected chi connectivity index (χ3v) is 6.44. The number of ether oxygens (including phenoxy) is 1. The lowest BCUT2D eigenvalue weighted by atomic mass is 9.95. The lowest BCUT2D eigenvalue weighted by Gasteiger charge is -2.27. The van der Waals surface area contributed by atoms with E-state index in [-0.39, 0.29) is 6.61 Å². The molecule has 2 N–H and O–H groups in total. The van der Waals surface area contributed by atoms with Crippen LogP contribution in [0.2, 0.25) is 0 Å². The summed E-state index contributed by atoms with van der Waals surface area (Å²) in [7, 11) is 0. The zero-order chi connectivity index (χ0) is 21.0. The van der Waals surface area contributed by atoms with E-state index in [9.17, 15) is 9.59 Å². The quantitative estimate of drug-likeness (QED) is 0.336. The number of aryl methyl sites for hydroxylation is 1. The second-order valence-electron chi connectivity index (χ2n) is 6.59. The second kappa shape index (κ2) is 9.56. The van der Waals surface area contributed by atoms with Crippen LogP contribution < -0.4 is 10.6 Å². The number of carbonyl (C=O) groups excluding carboxylic acids is 2. The van der Waals surface area contributed by atoms with Crippen molar-refractivity contribution >= 4 is 63.0 Å². The largest absolute Gasteiger partial charge is 0.462 e. The van der Waals surface area contributed by atoms with Gasteiger partial charge in [0.2, 0.25) is 3.79 Å². The van der Waals surface area contributed by atoms with Crippen LogP contribution in [0, 0.1) is 0 Å². The molecule has 0 saturated heterocycles. The number of alkyl halides is 3. The Kier molecular flexibility index (Phi) is 7.32. The summed E-state index contributed by atoms with van der Waals surface area (Å²) < 4.78 is 3.41. The number of esters is 1. The van der Waals surface area contributed by atoms with Crippen molar-refractivity contribution in [1.82, 2.24) is 5.32 Å². The predicted octanol–water partition coefficient (Wildman–Crippen LogP) is 5.34. The number of nitrogens with one attached hydrogen (secondary N) is 2. The third-order valence-electron chi connectivity index (χ3n) is 4.57. The van der Waals surface area contributed by atoms with Gasteiger partial charge in [-0.25, -0.2) is 4.79 Å². The van der Waals surface area contributed by atoms with E-state index in [0.717, 1.165) is 36.1 Å². The minimum Gasteiger partial charge on any atom is -0.462 e. The van der Waals surface area contributed by atoms with Crippen LogP contribution in [0.4, 0.5) is 5.00 Å². The van der Waals surface area contributed by atoms with Gasteiger partial charge in [-0.3, -0.25) is 4.79 Å². The number of fused-ring (bicyclic) bond motifs is 1. The standard InChI is InChI=1S/C20H21Cl3N2O3S/c1-2-28-18(27)15-13-10-6-7-11-14(13)29-17(15)25-19(20(21,22)23)24-16(26)12-8-4-3-5-9-12/h3-5,8-9,19,25H,2,6-7,10-11H2,1H3,(H,24,26)/t19-/m1/s1. The van der Waals surface area contributed by atoms with Crippen molar-refractivity contribution in [2.75, 3.05) is 11.9 Å². The minimum absolute atomic E-state index is 0.265. The maximum absolute atomic E-state index is 12.6. The Labute approximate surface area is 188 Å². The van der Waals surface area contributed by atoms with E-state index in [1.165, 1.54) is 11.3 Å². The fourth-order valence-corrected chi connectivity index (χ4v) is 4.85. The number of halogens is 3. The van der Waals surface area contributed by atoms with Crippen LogP contribution in [0.25, 0.3) is 0 Å². The first-order valence-electron chi connectivity index (χ1n) is 9.32. The summed E-state index contributed by atoms with van der Waals surface area (Å²) in [6.07, 6.45) is 2.72. The van der Waals surface area contributed by atoms with Crippen LogP contribution in [0.15, 0.2) is 30.3 Å². The molecule has 1 aromatic carbocycles. The molecule has 0 bridgehead atoms. The molecule has 3 rings (SSSR count). The van der Waals surface area contributed by atoms with Gasteiger partial charge in [0.15, 0.2) is 0 Å². The van der Waals surface area contributed by atoms with E-state index in [1.807, 2.05) is 6.07 Å². The Bertz CT molecular complexity index is 881. The SMILES string of the molecule is CCOC(=O)c1c(N[C@@H](NC(=O)c2ccccc2)C(Cl)(Cl)Cl)sc2c1CCCC2. The average molecular weight is 476 g/mol. The number of carbonyl (C=O) groups is 2. The second-order valence-corrected chi connectivity index (χ2v) is 10.1. The highest BCUT2D eigenvalue weighted by Gasteiger charge is 2.37. The molecule has 2 aromatic rings. The summed E-state index contributed by atoms with van der Waals surface area (Å²) in [4.78, 5) is 26.3. The first-order valence-corrected chi connectivity index (χ1v) is 11.3. The van der Waals surface area contributed by atoms with Gasteiger partial charge in [0.1, 0.15) is 11.2 Å². The summed E-state index contributed by atoms with van der Waals surface area (Å²) in [6.45, 7) is 2.02. The summed E-state index contributed by atoms with van der Waals surface area (Å²) in [5.41, 5.74) is 1.89. The van der Waals surface area contributed by atoms with Gasteiger partial charge in [0.25, 0.3) is 5.91 Å². The van der Waals surface area contributed by atoms with E-state index in [0.29, 0.717) is 16.1 Å². The molecular weight excluding hydrogens is 455 g/mol. The molecule has 156 valence electrons.